The molecule has 0 N–H and O–H groups in total. The number of hydrogen-bond donors (Lipinski definition) is 0. The predicted octanol–water partition coefficient (Wildman–Crippen LogP) is 13.0. The van der Waals surface area contributed by atoms with Crippen LogP contribution < -0.4 is 0 Å². The number of nitrogens with zero attached hydrogens (tertiary/aromatic N) is 6. The maximum absolute atomic E-state index is 5.88. The van der Waals surface area contributed by atoms with Crippen molar-refractivity contribution in [2.75, 3.05) is 0 Å². The molecule has 0 unspecified atom stereocenters. The average molecular weight is 769 g/mol. The molecule has 6 heteroatoms. The van der Waals surface area contributed by atoms with E-state index in [0.29, 0.717) is 11.8 Å². The van der Waals surface area contributed by atoms with Crippen molar-refractivity contribution >= 4 is 54.9 Å². The van der Waals surface area contributed by atoms with Gasteiger partial charge < -0.3 is 0 Å². The van der Waals surface area contributed by atoms with Gasteiger partial charge in [0.25, 0.3) is 0 Å². The summed E-state index contributed by atoms with van der Waals surface area (Å²) in [5.74, 6) is 0.651. The SMILES string of the molecule is CC(C)c1ccc2c(n1)c1cccc3c1n1c(c(C(C)(C)C(C)(C)c4nc5c6ccc(C(C)C)nc6c6cccc7c6n5c4C(C)(C)C7(C)C)nc21)C(C)(C)C3(C)C. The monoisotopic (exact) mass is 768 g/mol. The largest absolute Gasteiger partial charge is 0.295 e. The molecule has 2 aromatic carbocycles. The fourth-order valence-corrected chi connectivity index (χ4v) is 10.8. The van der Waals surface area contributed by atoms with E-state index in [1.54, 1.807) is 0 Å². The van der Waals surface area contributed by atoms with E-state index >= 15 is 0 Å². The number of para-hydroxylation sites is 2. The van der Waals surface area contributed by atoms with Crippen molar-refractivity contribution in [1.82, 2.24) is 28.7 Å². The summed E-state index contributed by atoms with van der Waals surface area (Å²) in [4.78, 5) is 22.5. The highest BCUT2D eigenvalue weighted by molar-refractivity contribution is 6.12. The highest BCUT2D eigenvalue weighted by Crippen LogP contribution is 2.59. The first-order valence-electron chi connectivity index (χ1n) is 21.6. The normalized spacial score (nSPS) is 18.2. The van der Waals surface area contributed by atoms with Crippen molar-refractivity contribution in [2.45, 2.75) is 155 Å². The van der Waals surface area contributed by atoms with E-state index in [0.717, 1.165) is 55.9 Å². The van der Waals surface area contributed by atoms with Crippen LogP contribution in [-0.4, -0.2) is 28.7 Å². The topological polar surface area (TPSA) is 60.4 Å². The Hall–Kier alpha value is -4.84. The Kier molecular flexibility index (Phi) is 7.13. The van der Waals surface area contributed by atoms with Gasteiger partial charge in [-0.05, 0) is 47.2 Å². The summed E-state index contributed by atoms with van der Waals surface area (Å²) in [6.45, 7) is 38.1. The summed E-state index contributed by atoms with van der Waals surface area (Å²) in [5.41, 5.74) is 14.5. The van der Waals surface area contributed by atoms with Gasteiger partial charge in [0, 0.05) is 65.4 Å². The van der Waals surface area contributed by atoms with Crippen LogP contribution in [0.15, 0.2) is 60.7 Å². The number of rotatable bonds is 5. The molecule has 6 nitrogen and oxygen atoms in total. The Bertz CT molecular complexity index is 2910. The van der Waals surface area contributed by atoms with Crippen molar-refractivity contribution in [3.63, 3.8) is 0 Å². The highest BCUT2D eigenvalue weighted by Gasteiger charge is 2.56. The molecule has 0 aliphatic carbocycles. The Morgan fingerprint density at radius 1 is 0.448 bits per heavy atom. The maximum Gasteiger partial charge on any atom is 0.147 e. The van der Waals surface area contributed by atoms with Gasteiger partial charge in [-0.3, -0.25) is 18.8 Å². The molecule has 6 aromatic heterocycles. The standard InChI is InChI=1S/C52H60N6/c1-27(2)35-25-23-31-37(53-35)29-19-17-21-33-39(29)57-43(51(13,14)47(33,5)6)41(55-45(31)57)49(9,10)50(11,12)42-44-52(15,16)48(7,8)34-22-18-20-30-38-32(24-26-36(54-38)28(3)4)46(56-42)58(44)40(30)34/h17-28H,1-16H3. The first kappa shape index (κ1) is 37.4. The molecule has 0 saturated heterocycles. The van der Waals surface area contributed by atoms with E-state index in [9.17, 15) is 0 Å². The average Bonchev–Trinajstić information content (AvgIpc) is 3.79. The Balaban J connectivity index is 1.33. The van der Waals surface area contributed by atoms with Crippen molar-refractivity contribution in [3.05, 3.63) is 106 Å². The number of fused-ring (bicyclic) bond motifs is 6. The number of benzene rings is 2. The van der Waals surface area contributed by atoms with Crippen LogP contribution in [-0.2, 0) is 32.5 Å². The smallest absolute Gasteiger partial charge is 0.147 e. The zero-order chi connectivity index (χ0) is 41.6. The van der Waals surface area contributed by atoms with Crippen LogP contribution in [0.2, 0.25) is 0 Å². The Morgan fingerprint density at radius 3 is 1.16 bits per heavy atom. The van der Waals surface area contributed by atoms with Crippen LogP contribution >= 0.6 is 0 Å². The van der Waals surface area contributed by atoms with Gasteiger partial charge in [-0.15, -0.1) is 0 Å². The third kappa shape index (κ3) is 4.15. The van der Waals surface area contributed by atoms with E-state index in [1.165, 1.54) is 44.3 Å². The van der Waals surface area contributed by atoms with Gasteiger partial charge in [0.15, 0.2) is 0 Å². The Morgan fingerprint density at radius 2 is 0.810 bits per heavy atom. The molecule has 298 valence electrons. The second kappa shape index (κ2) is 11.0. The lowest BCUT2D eigenvalue weighted by Gasteiger charge is -2.50. The van der Waals surface area contributed by atoms with Gasteiger partial charge in [-0.2, -0.15) is 0 Å². The molecule has 0 atom stereocenters. The molecule has 0 spiro atoms. The fraction of sp³-hybridized carbons (Fsp3) is 0.462. The lowest BCUT2D eigenvalue weighted by Crippen LogP contribution is -2.50. The summed E-state index contributed by atoms with van der Waals surface area (Å²) < 4.78 is 5.07. The summed E-state index contributed by atoms with van der Waals surface area (Å²) in [6.07, 6.45) is 0. The quantitative estimate of drug-likeness (QED) is 0.164. The van der Waals surface area contributed by atoms with Crippen LogP contribution in [0.4, 0.5) is 0 Å². The third-order valence-electron chi connectivity index (χ3n) is 16.7. The second-order valence-corrected chi connectivity index (χ2v) is 21.7. The lowest BCUT2D eigenvalue weighted by molar-refractivity contribution is 0.243. The van der Waals surface area contributed by atoms with Gasteiger partial charge in [0.1, 0.15) is 11.3 Å². The second-order valence-electron chi connectivity index (χ2n) is 21.7. The molecular weight excluding hydrogens is 709 g/mol. The first-order valence-corrected chi connectivity index (χ1v) is 21.6. The predicted molar refractivity (Wildman–Crippen MR) is 242 cm³/mol. The Labute approximate surface area is 343 Å². The molecule has 0 amide bonds. The van der Waals surface area contributed by atoms with Crippen LogP contribution in [0.3, 0.4) is 0 Å². The summed E-state index contributed by atoms with van der Waals surface area (Å²) in [7, 11) is 0. The van der Waals surface area contributed by atoms with Crippen molar-refractivity contribution in [3.8, 4) is 0 Å². The lowest BCUT2D eigenvalue weighted by atomic mass is 9.55. The van der Waals surface area contributed by atoms with Gasteiger partial charge in [-0.1, -0.05) is 147 Å². The number of hydrogen-bond acceptors (Lipinski definition) is 4. The van der Waals surface area contributed by atoms with Gasteiger partial charge in [-0.25, -0.2) is 9.97 Å². The summed E-state index contributed by atoms with van der Waals surface area (Å²) >= 11 is 0. The molecule has 8 aromatic rings. The zero-order valence-corrected chi connectivity index (χ0v) is 37.6. The van der Waals surface area contributed by atoms with Gasteiger partial charge in [0.05, 0.1) is 44.8 Å². The molecular formula is C52H60N6. The number of pyridine rings is 4. The van der Waals surface area contributed by atoms with E-state index in [-0.39, 0.29) is 21.7 Å². The van der Waals surface area contributed by atoms with E-state index in [4.69, 9.17) is 19.9 Å². The van der Waals surface area contributed by atoms with Crippen LogP contribution in [0, 0.1) is 0 Å². The van der Waals surface area contributed by atoms with Crippen molar-refractivity contribution in [1.29, 1.82) is 0 Å². The van der Waals surface area contributed by atoms with Crippen molar-refractivity contribution < 1.29 is 0 Å². The maximum atomic E-state index is 5.88. The number of imidazole rings is 2. The van der Waals surface area contributed by atoms with Crippen LogP contribution in [0.25, 0.3) is 54.9 Å². The van der Waals surface area contributed by atoms with Gasteiger partial charge in [0.2, 0.25) is 0 Å². The number of aromatic nitrogens is 6. The first-order chi connectivity index (χ1) is 27.0. The summed E-state index contributed by atoms with van der Waals surface area (Å²) in [6, 6.07) is 22.7. The van der Waals surface area contributed by atoms with Crippen molar-refractivity contribution in [2.24, 2.45) is 0 Å². The molecule has 0 fully saturated rings. The van der Waals surface area contributed by atoms with E-state index in [2.05, 4.69) is 180 Å². The molecule has 10 rings (SSSR count). The zero-order valence-electron chi connectivity index (χ0n) is 37.6. The third-order valence-corrected chi connectivity index (χ3v) is 16.7. The molecule has 8 heterocycles. The molecule has 0 radical (unpaired) electrons. The minimum atomic E-state index is -0.471. The minimum absolute atomic E-state index is 0.190. The summed E-state index contributed by atoms with van der Waals surface area (Å²) in [5, 5.41) is 4.61. The van der Waals surface area contributed by atoms with Crippen LogP contribution in [0.5, 0.6) is 0 Å². The molecule has 0 bridgehead atoms. The van der Waals surface area contributed by atoms with Crippen LogP contribution in [0.1, 0.15) is 168 Å². The molecule has 2 aliphatic heterocycles. The highest BCUT2D eigenvalue weighted by atomic mass is 15.1. The molecule has 2 aliphatic rings. The minimum Gasteiger partial charge on any atom is -0.295 e. The van der Waals surface area contributed by atoms with E-state index in [1.807, 2.05) is 0 Å². The molecule has 58 heavy (non-hydrogen) atoms. The van der Waals surface area contributed by atoms with Gasteiger partial charge >= 0.3 is 0 Å². The molecule has 0 saturated carbocycles. The fourth-order valence-electron chi connectivity index (χ4n) is 10.8. The van der Waals surface area contributed by atoms with E-state index < -0.39 is 10.8 Å².